The Morgan fingerprint density at radius 3 is 2.62 bits per heavy atom. The molecule has 0 N–H and O–H groups in total. The first-order valence-electron chi connectivity index (χ1n) is 3.29. The van der Waals surface area contributed by atoms with E-state index >= 15 is 0 Å². The van der Waals surface area contributed by atoms with Crippen LogP contribution in [0.1, 0.15) is 10.4 Å². The Kier molecular flexibility index (Phi) is 4.24. The molecule has 0 fully saturated rings. The van der Waals surface area contributed by atoms with E-state index in [-0.39, 0.29) is 5.97 Å². The van der Waals surface area contributed by atoms with Gasteiger partial charge in [0.2, 0.25) is 0 Å². The van der Waals surface area contributed by atoms with Crippen LogP contribution >= 0.6 is 56.8 Å². The molecule has 0 aromatic heterocycles. The van der Waals surface area contributed by atoms with E-state index in [1.807, 2.05) is 0 Å². The summed E-state index contributed by atoms with van der Waals surface area (Å²) in [5.41, 5.74) is 0.514. The van der Waals surface area contributed by atoms with E-state index < -0.39 is 0 Å². The molecule has 0 saturated carbocycles. The van der Waals surface area contributed by atoms with Crippen molar-refractivity contribution in [2.75, 3.05) is 7.11 Å². The van der Waals surface area contributed by atoms with Gasteiger partial charge >= 0.3 is 5.97 Å². The van der Waals surface area contributed by atoms with Crippen LogP contribution in [0, 0.1) is 7.14 Å². The van der Waals surface area contributed by atoms with E-state index in [2.05, 4.69) is 49.9 Å². The van der Waals surface area contributed by atoms with Crippen LogP contribution in [0.3, 0.4) is 0 Å². The van der Waals surface area contributed by atoms with Gasteiger partial charge in [0.05, 0.1) is 12.7 Å². The van der Waals surface area contributed by atoms with E-state index in [9.17, 15) is 4.79 Å². The summed E-state index contributed by atoms with van der Waals surface area (Å²) in [6.07, 6.45) is 0. The average molecular weight is 422 g/mol. The first-order valence-corrected chi connectivity index (χ1v) is 5.82. The van der Waals surface area contributed by atoms with Crippen LogP contribution in [0.5, 0.6) is 0 Å². The van der Waals surface area contributed by atoms with E-state index in [0.717, 1.165) is 7.14 Å². The molecule has 0 spiro atoms. The molecule has 0 amide bonds. The largest absolute Gasteiger partial charge is 0.465 e. The van der Waals surface area contributed by atoms with Crippen LogP contribution in [0.2, 0.25) is 5.02 Å². The minimum Gasteiger partial charge on any atom is -0.465 e. The number of carbonyl (C=O) groups is 1. The second kappa shape index (κ2) is 4.79. The van der Waals surface area contributed by atoms with Crippen molar-refractivity contribution in [1.82, 2.24) is 0 Å². The molecule has 70 valence electrons. The summed E-state index contributed by atoms with van der Waals surface area (Å²) < 4.78 is 6.44. The van der Waals surface area contributed by atoms with Crippen LogP contribution in [0.4, 0.5) is 0 Å². The maximum Gasteiger partial charge on any atom is 0.339 e. The van der Waals surface area contributed by atoms with E-state index in [0.29, 0.717) is 10.6 Å². The lowest BCUT2D eigenvalue weighted by molar-refractivity contribution is 0.0599. The zero-order valence-electron chi connectivity index (χ0n) is 6.61. The van der Waals surface area contributed by atoms with Gasteiger partial charge in [0.1, 0.15) is 0 Å². The molecule has 13 heavy (non-hydrogen) atoms. The van der Waals surface area contributed by atoms with E-state index in [1.165, 1.54) is 7.11 Å². The quantitative estimate of drug-likeness (QED) is 0.394. The molecule has 1 rings (SSSR count). The molecule has 0 aliphatic heterocycles. The third kappa shape index (κ3) is 2.69. The van der Waals surface area contributed by atoms with Crippen molar-refractivity contribution in [3.8, 4) is 0 Å². The number of carbonyl (C=O) groups excluding carboxylic acids is 1. The minimum absolute atomic E-state index is 0.357. The summed E-state index contributed by atoms with van der Waals surface area (Å²) in [5.74, 6) is -0.357. The zero-order chi connectivity index (χ0) is 10.0. The lowest BCUT2D eigenvalue weighted by Crippen LogP contribution is -2.04. The summed E-state index contributed by atoms with van der Waals surface area (Å²) in [7, 11) is 1.35. The van der Waals surface area contributed by atoms with Crippen molar-refractivity contribution in [1.29, 1.82) is 0 Å². The van der Waals surface area contributed by atoms with Crippen molar-refractivity contribution < 1.29 is 9.53 Å². The van der Waals surface area contributed by atoms with Gasteiger partial charge in [-0.3, -0.25) is 0 Å². The maximum atomic E-state index is 11.2. The van der Waals surface area contributed by atoms with Crippen LogP contribution in [0.15, 0.2) is 12.1 Å². The Morgan fingerprint density at radius 2 is 2.08 bits per heavy atom. The highest BCUT2D eigenvalue weighted by Gasteiger charge is 2.13. The Labute approximate surface area is 108 Å². The predicted molar refractivity (Wildman–Crippen MR) is 68.2 cm³/mol. The SMILES string of the molecule is COC(=O)c1cc(Cl)cc(I)c1I. The maximum absolute atomic E-state index is 11.2. The molecule has 1 aromatic carbocycles. The molecule has 5 heteroatoms. The highest BCUT2D eigenvalue weighted by atomic mass is 127. The normalized spacial score (nSPS) is 9.85. The molecular formula is C8H5ClI2O2. The topological polar surface area (TPSA) is 26.3 Å². The zero-order valence-corrected chi connectivity index (χ0v) is 11.7. The fourth-order valence-corrected chi connectivity index (χ4v) is 2.37. The van der Waals surface area contributed by atoms with Crippen molar-refractivity contribution in [3.63, 3.8) is 0 Å². The summed E-state index contributed by atoms with van der Waals surface area (Å²) >= 11 is 10.0. The fourth-order valence-electron chi connectivity index (χ4n) is 0.814. The molecule has 0 aliphatic rings. The monoisotopic (exact) mass is 422 g/mol. The van der Waals surface area contributed by atoms with Gasteiger partial charge in [-0.2, -0.15) is 0 Å². The predicted octanol–water partition coefficient (Wildman–Crippen LogP) is 3.34. The Balaban J connectivity index is 3.28. The molecule has 0 bridgehead atoms. The van der Waals surface area contributed by atoms with Gasteiger partial charge in [-0.25, -0.2) is 4.79 Å². The molecule has 0 saturated heterocycles. The number of halogens is 3. The second-order valence-corrected chi connectivity index (χ2v) is 4.92. The van der Waals surface area contributed by atoms with Gasteiger partial charge in [-0.05, 0) is 57.3 Å². The summed E-state index contributed by atoms with van der Waals surface area (Å²) in [6.45, 7) is 0. The minimum atomic E-state index is -0.357. The standard InChI is InChI=1S/C8H5ClI2O2/c1-13-8(12)5-2-4(9)3-6(10)7(5)11/h2-3H,1H3. The van der Waals surface area contributed by atoms with Gasteiger partial charge in [-0.15, -0.1) is 0 Å². The number of hydrogen-bond donors (Lipinski definition) is 0. The third-order valence-electron chi connectivity index (χ3n) is 1.40. The van der Waals surface area contributed by atoms with Crippen LogP contribution in [0.25, 0.3) is 0 Å². The Bertz CT molecular complexity index is 352. The smallest absolute Gasteiger partial charge is 0.339 e. The summed E-state index contributed by atoms with van der Waals surface area (Å²) in [6, 6.07) is 3.41. The van der Waals surface area contributed by atoms with Crippen LogP contribution in [-0.4, -0.2) is 13.1 Å². The molecule has 0 atom stereocenters. The van der Waals surface area contributed by atoms with Gasteiger partial charge in [0.25, 0.3) is 0 Å². The number of rotatable bonds is 1. The number of esters is 1. The highest BCUT2D eigenvalue weighted by Crippen LogP contribution is 2.24. The molecular weight excluding hydrogens is 417 g/mol. The van der Waals surface area contributed by atoms with Gasteiger partial charge in [0.15, 0.2) is 0 Å². The van der Waals surface area contributed by atoms with Crippen molar-refractivity contribution in [3.05, 3.63) is 29.9 Å². The van der Waals surface area contributed by atoms with Gasteiger partial charge < -0.3 is 4.74 Å². The summed E-state index contributed by atoms with van der Waals surface area (Å²) in [5, 5.41) is 0.546. The lowest BCUT2D eigenvalue weighted by atomic mass is 10.2. The molecule has 0 radical (unpaired) electrons. The number of benzene rings is 1. The highest BCUT2D eigenvalue weighted by molar-refractivity contribution is 14.1. The molecule has 1 aromatic rings. The fraction of sp³-hybridized carbons (Fsp3) is 0.125. The van der Waals surface area contributed by atoms with Crippen molar-refractivity contribution in [2.24, 2.45) is 0 Å². The number of methoxy groups -OCH3 is 1. The third-order valence-corrected chi connectivity index (χ3v) is 4.66. The lowest BCUT2D eigenvalue weighted by Gasteiger charge is -2.04. The van der Waals surface area contributed by atoms with Gasteiger partial charge in [-0.1, -0.05) is 11.6 Å². The molecule has 0 unspecified atom stereocenters. The first-order chi connectivity index (χ1) is 6.06. The molecule has 0 heterocycles. The Hall–Kier alpha value is 0.440. The van der Waals surface area contributed by atoms with E-state index in [1.54, 1.807) is 12.1 Å². The first kappa shape index (κ1) is 11.5. The van der Waals surface area contributed by atoms with Crippen LogP contribution in [-0.2, 0) is 4.74 Å². The number of hydrogen-bond acceptors (Lipinski definition) is 2. The van der Waals surface area contributed by atoms with Crippen molar-refractivity contribution >= 4 is 62.8 Å². The molecule has 0 aliphatic carbocycles. The van der Waals surface area contributed by atoms with E-state index in [4.69, 9.17) is 11.6 Å². The average Bonchev–Trinajstić information content (AvgIpc) is 2.10. The number of ether oxygens (including phenoxy) is 1. The van der Waals surface area contributed by atoms with Crippen molar-refractivity contribution in [2.45, 2.75) is 0 Å². The van der Waals surface area contributed by atoms with Crippen LogP contribution < -0.4 is 0 Å². The Morgan fingerprint density at radius 1 is 1.46 bits per heavy atom. The second-order valence-electron chi connectivity index (χ2n) is 2.24. The summed E-state index contributed by atoms with van der Waals surface area (Å²) in [4.78, 5) is 11.2. The van der Waals surface area contributed by atoms with Gasteiger partial charge in [0, 0.05) is 12.2 Å². The molecule has 2 nitrogen and oxygen atoms in total.